The Morgan fingerprint density at radius 3 is 2.81 bits per heavy atom. The van der Waals surface area contributed by atoms with Gasteiger partial charge < -0.3 is 15.0 Å². The minimum atomic E-state index is -0.0113. The molecule has 1 saturated heterocycles. The molecule has 1 saturated carbocycles. The second-order valence-corrected chi connectivity index (χ2v) is 4.95. The first-order valence-corrected chi connectivity index (χ1v) is 6.30. The van der Waals surface area contributed by atoms with Crippen molar-refractivity contribution < 1.29 is 9.53 Å². The number of methoxy groups -OCH3 is 1. The topological polar surface area (TPSA) is 41.6 Å². The number of carbonyl (C=O) groups is 1. The first kappa shape index (κ1) is 11.9. The van der Waals surface area contributed by atoms with Gasteiger partial charge in [0, 0.05) is 32.7 Å². The van der Waals surface area contributed by atoms with Crippen molar-refractivity contribution in [2.75, 3.05) is 39.8 Å². The molecule has 0 aromatic rings. The lowest BCUT2D eigenvalue weighted by Crippen LogP contribution is -2.45. The average molecular weight is 226 g/mol. The lowest BCUT2D eigenvalue weighted by atomic mass is 10.0. The monoisotopic (exact) mass is 226 g/mol. The van der Waals surface area contributed by atoms with E-state index in [1.54, 1.807) is 0 Å². The maximum absolute atomic E-state index is 11.4. The summed E-state index contributed by atoms with van der Waals surface area (Å²) in [6, 6.07) is 0. The summed E-state index contributed by atoms with van der Waals surface area (Å²) < 4.78 is 4.81. The first-order valence-electron chi connectivity index (χ1n) is 6.30. The third kappa shape index (κ3) is 2.95. The Hall–Kier alpha value is -0.610. The van der Waals surface area contributed by atoms with Gasteiger partial charge in [-0.25, -0.2) is 0 Å². The summed E-state index contributed by atoms with van der Waals surface area (Å²) in [5.74, 6) is 0.850. The van der Waals surface area contributed by atoms with E-state index in [4.69, 9.17) is 4.74 Å². The number of nitrogens with one attached hydrogen (secondary N) is 1. The molecule has 2 unspecified atom stereocenters. The van der Waals surface area contributed by atoms with E-state index in [2.05, 4.69) is 10.2 Å². The summed E-state index contributed by atoms with van der Waals surface area (Å²) in [5.41, 5.74) is 0. The summed E-state index contributed by atoms with van der Waals surface area (Å²) in [7, 11) is 1.49. The fourth-order valence-electron chi connectivity index (χ4n) is 2.88. The highest BCUT2D eigenvalue weighted by Gasteiger charge is 2.31. The van der Waals surface area contributed by atoms with E-state index >= 15 is 0 Å². The van der Waals surface area contributed by atoms with Crippen molar-refractivity contribution in [3.8, 4) is 0 Å². The number of nitrogens with zero attached hydrogens (tertiary/aromatic N) is 1. The van der Waals surface area contributed by atoms with Gasteiger partial charge in [0.2, 0.25) is 0 Å². The van der Waals surface area contributed by atoms with Crippen molar-refractivity contribution in [1.82, 2.24) is 10.2 Å². The SMILES string of the molecule is COC(=O)C1CCC(CN2CCNCC2)C1. The summed E-state index contributed by atoms with van der Waals surface area (Å²) in [4.78, 5) is 13.9. The predicted molar refractivity (Wildman–Crippen MR) is 62.2 cm³/mol. The van der Waals surface area contributed by atoms with Gasteiger partial charge in [-0.3, -0.25) is 4.79 Å². The van der Waals surface area contributed by atoms with Crippen LogP contribution in [0.25, 0.3) is 0 Å². The molecule has 0 aromatic heterocycles. The molecule has 1 aliphatic carbocycles. The zero-order chi connectivity index (χ0) is 11.4. The van der Waals surface area contributed by atoms with Gasteiger partial charge in [0.1, 0.15) is 0 Å². The molecule has 16 heavy (non-hydrogen) atoms. The molecule has 0 spiro atoms. The molecular weight excluding hydrogens is 204 g/mol. The van der Waals surface area contributed by atoms with Crippen LogP contribution in [0.4, 0.5) is 0 Å². The second kappa shape index (κ2) is 5.64. The zero-order valence-corrected chi connectivity index (χ0v) is 10.1. The van der Waals surface area contributed by atoms with Crippen LogP contribution in [-0.2, 0) is 9.53 Å². The van der Waals surface area contributed by atoms with Gasteiger partial charge >= 0.3 is 5.97 Å². The fourth-order valence-corrected chi connectivity index (χ4v) is 2.88. The zero-order valence-electron chi connectivity index (χ0n) is 10.1. The Morgan fingerprint density at radius 2 is 2.12 bits per heavy atom. The third-order valence-electron chi connectivity index (χ3n) is 3.80. The maximum atomic E-state index is 11.4. The largest absolute Gasteiger partial charge is 0.469 e. The number of piperazine rings is 1. The first-order chi connectivity index (χ1) is 7.79. The van der Waals surface area contributed by atoms with Crippen LogP contribution in [0.5, 0.6) is 0 Å². The number of ether oxygens (including phenoxy) is 1. The van der Waals surface area contributed by atoms with Crippen LogP contribution in [0.15, 0.2) is 0 Å². The molecule has 0 radical (unpaired) electrons. The molecule has 0 bridgehead atoms. The summed E-state index contributed by atoms with van der Waals surface area (Å²) in [6.45, 7) is 5.67. The summed E-state index contributed by atoms with van der Waals surface area (Å²) >= 11 is 0. The number of hydrogen-bond acceptors (Lipinski definition) is 4. The van der Waals surface area contributed by atoms with Crippen LogP contribution < -0.4 is 5.32 Å². The summed E-state index contributed by atoms with van der Waals surface area (Å²) in [6.07, 6.45) is 3.23. The molecule has 0 aromatic carbocycles. The highest BCUT2D eigenvalue weighted by Crippen LogP contribution is 2.32. The Labute approximate surface area is 97.3 Å². The molecular formula is C12H22N2O2. The molecule has 2 atom stereocenters. The molecule has 2 fully saturated rings. The van der Waals surface area contributed by atoms with Gasteiger partial charge in [-0.2, -0.15) is 0 Å². The minimum absolute atomic E-state index is 0.0113. The van der Waals surface area contributed by atoms with Crippen molar-refractivity contribution in [3.05, 3.63) is 0 Å². The van der Waals surface area contributed by atoms with Crippen molar-refractivity contribution >= 4 is 5.97 Å². The quantitative estimate of drug-likeness (QED) is 0.711. The van der Waals surface area contributed by atoms with Gasteiger partial charge in [-0.1, -0.05) is 0 Å². The van der Waals surface area contributed by atoms with Crippen molar-refractivity contribution in [1.29, 1.82) is 0 Å². The molecule has 0 amide bonds. The van der Waals surface area contributed by atoms with Crippen molar-refractivity contribution in [2.45, 2.75) is 19.3 Å². The lowest BCUT2D eigenvalue weighted by Gasteiger charge is -2.29. The van der Waals surface area contributed by atoms with Gasteiger partial charge in [0.15, 0.2) is 0 Å². The van der Waals surface area contributed by atoms with Crippen LogP contribution in [0.2, 0.25) is 0 Å². The predicted octanol–water partition coefficient (Wildman–Crippen LogP) is 0.481. The average Bonchev–Trinajstić information content (AvgIpc) is 2.78. The molecule has 2 aliphatic rings. The van der Waals surface area contributed by atoms with E-state index < -0.39 is 0 Å². The van der Waals surface area contributed by atoms with Crippen LogP contribution in [0.3, 0.4) is 0 Å². The van der Waals surface area contributed by atoms with E-state index in [0.29, 0.717) is 5.92 Å². The van der Waals surface area contributed by atoms with E-state index in [9.17, 15) is 4.79 Å². The summed E-state index contributed by atoms with van der Waals surface area (Å²) in [5, 5.41) is 3.36. The third-order valence-corrected chi connectivity index (χ3v) is 3.80. The molecule has 1 N–H and O–H groups in total. The number of rotatable bonds is 3. The molecule has 2 rings (SSSR count). The highest BCUT2D eigenvalue weighted by atomic mass is 16.5. The number of hydrogen-bond donors (Lipinski definition) is 1. The number of esters is 1. The van der Waals surface area contributed by atoms with Crippen LogP contribution in [0, 0.1) is 11.8 Å². The van der Waals surface area contributed by atoms with Gasteiger partial charge in [0.05, 0.1) is 13.0 Å². The van der Waals surface area contributed by atoms with E-state index in [-0.39, 0.29) is 11.9 Å². The molecule has 4 nitrogen and oxygen atoms in total. The Kier molecular flexibility index (Phi) is 4.18. The highest BCUT2D eigenvalue weighted by molar-refractivity contribution is 5.72. The smallest absolute Gasteiger partial charge is 0.308 e. The van der Waals surface area contributed by atoms with E-state index in [0.717, 1.165) is 45.6 Å². The Morgan fingerprint density at radius 1 is 1.38 bits per heavy atom. The van der Waals surface area contributed by atoms with Gasteiger partial charge in [0.25, 0.3) is 0 Å². The van der Waals surface area contributed by atoms with E-state index in [1.807, 2.05) is 0 Å². The fraction of sp³-hybridized carbons (Fsp3) is 0.917. The van der Waals surface area contributed by atoms with E-state index in [1.165, 1.54) is 13.5 Å². The Bertz CT molecular complexity index is 239. The van der Waals surface area contributed by atoms with Gasteiger partial charge in [-0.05, 0) is 25.2 Å². The second-order valence-electron chi connectivity index (χ2n) is 4.95. The molecule has 4 heteroatoms. The molecule has 92 valence electrons. The maximum Gasteiger partial charge on any atom is 0.308 e. The van der Waals surface area contributed by atoms with Crippen LogP contribution in [-0.4, -0.2) is 50.7 Å². The standard InChI is InChI=1S/C12H22N2O2/c1-16-12(15)11-3-2-10(8-11)9-14-6-4-13-5-7-14/h10-11,13H,2-9H2,1H3. The van der Waals surface area contributed by atoms with Gasteiger partial charge in [-0.15, -0.1) is 0 Å². The lowest BCUT2D eigenvalue weighted by molar-refractivity contribution is -0.145. The minimum Gasteiger partial charge on any atom is -0.469 e. The van der Waals surface area contributed by atoms with Crippen LogP contribution in [0.1, 0.15) is 19.3 Å². The van der Waals surface area contributed by atoms with Crippen LogP contribution >= 0.6 is 0 Å². The van der Waals surface area contributed by atoms with Crippen molar-refractivity contribution in [2.24, 2.45) is 11.8 Å². The Balaban J connectivity index is 1.73. The number of carbonyl (C=O) groups excluding carboxylic acids is 1. The molecule has 1 heterocycles. The molecule has 1 aliphatic heterocycles. The normalized spacial score (nSPS) is 31.6. The van der Waals surface area contributed by atoms with Crippen molar-refractivity contribution in [3.63, 3.8) is 0 Å².